The van der Waals surface area contributed by atoms with Gasteiger partial charge in [-0.1, -0.05) is 30.4 Å². The molecule has 0 amide bonds. The van der Waals surface area contributed by atoms with Crippen molar-refractivity contribution in [3.63, 3.8) is 0 Å². The number of carbonyl (C=O) groups is 1. The van der Waals surface area contributed by atoms with Crippen LogP contribution in [0.5, 0.6) is 0 Å². The minimum absolute atomic E-state index is 0.181. The van der Waals surface area contributed by atoms with Gasteiger partial charge in [0.25, 0.3) is 0 Å². The molecule has 1 heterocycles. The molecular weight excluding hydrogens is 216 g/mol. The normalized spacial score (nSPS) is 20.0. The number of fused-ring (bicyclic) bond motifs is 3. The predicted octanol–water partition coefficient (Wildman–Crippen LogP) is 2.92. The molecule has 1 aliphatic heterocycles. The van der Waals surface area contributed by atoms with E-state index in [4.69, 9.17) is 9.84 Å². The van der Waals surface area contributed by atoms with E-state index in [0.29, 0.717) is 5.56 Å². The topological polar surface area (TPSA) is 46.5 Å². The Morgan fingerprint density at radius 3 is 3.00 bits per heavy atom. The van der Waals surface area contributed by atoms with Gasteiger partial charge in [0.15, 0.2) is 0 Å². The molecular formula is C14H10O3. The standard InChI is InChI=1S/C14H10O3/c15-14(16)12-5-1-4-11-10(12)7-6-9-3-2-8-17-13(9)11/h1-8,13H,(H,15,16). The first kappa shape index (κ1) is 9.90. The largest absolute Gasteiger partial charge is 0.489 e. The molecule has 1 aromatic carbocycles. The number of carboxylic acids is 1. The molecule has 3 heteroatoms. The molecule has 0 spiro atoms. The van der Waals surface area contributed by atoms with Crippen molar-refractivity contribution >= 4 is 12.0 Å². The van der Waals surface area contributed by atoms with E-state index in [1.165, 1.54) is 0 Å². The summed E-state index contributed by atoms with van der Waals surface area (Å²) in [5.41, 5.74) is 3.00. The van der Waals surface area contributed by atoms with Gasteiger partial charge in [-0.25, -0.2) is 4.79 Å². The van der Waals surface area contributed by atoms with Gasteiger partial charge in [0.05, 0.1) is 11.8 Å². The number of aromatic carboxylic acids is 1. The molecule has 84 valence electrons. The van der Waals surface area contributed by atoms with Crippen LogP contribution >= 0.6 is 0 Å². The van der Waals surface area contributed by atoms with Crippen LogP contribution in [0.25, 0.3) is 6.08 Å². The van der Waals surface area contributed by atoms with Crippen LogP contribution in [-0.4, -0.2) is 11.1 Å². The summed E-state index contributed by atoms with van der Waals surface area (Å²) in [6.07, 6.45) is 9.00. The maximum Gasteiger partial charge on any atom is 0.336 e. The highest BCUT2D eigenvalue weighted by Crippen LogP contribution is 2.37. The quantitative estimate of drug-likeness (QED) is 0.800. The highest BCUT2D eigenvalue weighted by molar-refractivity contribution is 5.93. The van der Waals surface area contributed by atoms with Crippen LogP contribution in [0.3, 0.4) is 0 Å². The van der Waals surface area contributed by atoms with Crippen LogP contribution in [0.2, 0.25) is 0 Å². The Kier molecular flexibility index (Phi) is 2.11. The molecule has 1 atom stereocenters. The van der Waals surface area contributed by atoms with Crippen LogP contribution in [0.4, 0.5) is 0 Å². The third-order valence-corrected chi connectivity index (χ3v) is 2.98. The Morgan fingerprint density at radius 2 is 2.18 bits per heavy atom. The minimum atomic E-state index is -0.912. The lowest BCUT2D eigenvalue weighted by atomic mass is 9.87. The van der Waals surface area contributed by atoms with Gasteiger partial charge in [0.2, 0.25) is 0 Å². The third-order valence-electron chi connectivity index (χ3n) is 2.98. The summed E-state index contributed by atoms with van der Waals surface area (Å²) in [6, 6.07) is 5.27. The first-order valence-corrected chi connectivity index (χ1v) is 5.34. The number of carboxylic acid groups (broad SMARTS) is 1. The lowest BCUT2D eigenvalue weighted by Gasteiger charge is -2.26. The van der Waals surface area contributed by atoms with Crippen molar-refractivity contribution in [2.24, 2.45) is 0 Å². The molecule has 0 radical (unpaired) electrons. The van der Waals surface area contributed by atoms with E-state index in [1.54, 1.807) is 18.4 Å². The van der Waals surface area contributed by atoms with Gasteiger partial charge >= 0.3 is 5.97 Å². The monoisotopic (exact) mass is 226 g/mol. The van der Waals surface area contributed by atoms with Crippen LogP contribution in [0.1, 0.15) is 27.6 Å². The molecule has 3 rings (SSSR count). The summed E-state index contributed by atoms with van der Waals surface area (Å²) in [7, 11) is 0. The van der Waals surface area contributed by atoms with Gasteiger partial charge in [-0.05, 0) is 23.3 Å². The summed E-state index contributed by atoms with van der Waals surface area (Å²) < 4.78 is 5.55. The summed E-state index contributed by atoms with van der Waals surface area (Å²) in [6.45, 7) is 0. The maximum absolute atomic E-state index is 11.1. The van der Waals surface area contributed by atoms with Crippen LogP contribution in [0, 0.1) is 0 Å². The second-order valence-electron chi connectivity index (χ2n) is 3.96. The molecule has 17 heavy (non-hydrogen) atoms. The Hall–Kier alpha value is -2.29. The average molecular weight is 226 g/mol. The molecule has 0 saturated heterocycles. The predicted molar refractivity (Wildman–Crippen MR) is 63.5 cm³/mol. The van der Waals surface area contributed by atoms with E-state index in [9.17, 15) is 4.79 Å². The second kappa shape index (κ2) is 3.63. The highest BCUT2D eigenvalue weighted by Gasteiger charge is 2.25. The molecule has 3 nitrogen and oxygen atoms in total. The van der Waals surface area contributed by atoms with Gasteiger partial charge in [0.1, 0.15) is 6.10 Å². The van der Waals surface area contributed by atoms with Crippen molar-refractivity contribution in [2.45, 2.75) is 6.10 Å². The number of hydrogen-bond acceptors (Lipinski definition) is 2. The lowest BCUT2D eigenvalue weighted by Crippen LogP contribution is -2.13. The smallest absolute Gasteiger partial charge is 0.336 e. The lowest BCUT2D eigenvalue weighted by molar-refractivity contribution is 0.0696. The number of ether oxygens (including phenoxy) is 1. The zero-order valence-electron chi connectivity index (χ0n) is 8.96. The van der Waals surface area contributed by atoms with Crippen molar-refractivity contribution in [2.75, 3.05) is 0 Å². The second-order valence-corrected chi connectivity index (χ2v) is 3.96. The number of benzene rings is 1. The van der Waals surface area contributed by atoms with Crippen LogP contribution in [-0.2, 0) is 4.74 Å². The van der Waals surface area contributed by atoms with E-state index in [1.807, 2.05) is 30.4 Å². The van der Waals surface area contributed by atoms with Crippen molar-refractivity contribution in [1.82, 2.24) is 0 Å². The van der Waals surface area contributed by atoms with Crippen LogP contribution < -0.4 is 0 Å². The minimum Gasteiger partial charge on any atom is -0.489 e. The fraction of sp³-hybridized carbons (Fsp3) is 0.0714. The Labute approximate surface area is 98.3 Å². The first-order chi connectivity index (χ1) is 8.27. The fourth-order valence-corrected chi connectivity index (χ4v) is 2.20. The van der Waals surface area contributed by atoms with Gasteiger partial charge < -0.3 is 9.84 Å². The number of hydrogen-bond donors (Lipinski definition) is 1. The fourth-order valence-electron chi connectivity index (χ4n) is 2.20. The summed E-state index contributed by atoms with van der Waals surface area (Å²) in [5.74, 6) is -0.912. The maximum atomic E-state index is 11.1. The van der Waals surface area contributed by atoms with Gasteiger partial charge in [-0.2, -0.15) is 0 Å². The zero-order valence-corrected chi connectivity index (χ0v) is 8.96. The molecule has 0 fully saturated rings. The third kappa shape index (κ3) is 1.47. The average Bonchev–Trinajstić information content (AvgIpc) is 2.37. The van der Waals surface area contributed by atoms with E-state index in [0.717, 1.165) is 16.7 Å². The molecule has 2 aliphatic rings. The molecule has 1 aromatic rings. The first-order valence-electron chi connectivity index (χ1n) is 5.34. The van der Waals surface area contributed by atoms with Crippen LogP contribution in [0.15, 0.2) is 48.3 Å². The summed E-state index contributed by atoms with van der Waals surface area (Å²) >= 11 is 0. The van der Waals surface area contributed by atoms with E-state index < -0.39 is 5.97 Å². The zero-order chi connectivity index (χ0) is 11.8. The van der Waals surface area contributed by atoms with E-state index >= 15 is 0 Å². The van der Waals surface area contributed by atoms with Gasteiger partial charge in [-0.3, -0.25) is 0 Å². The van der Waals surface area contributed by atoms with Crippen molar-refractivity contribution in [3.05, 3.63) is 65.0 Å². The highest BCUT2D eigenvalue weighted by atomic mass is 16.5. The van der Waals surface area contributed by atoms with Gasteiger partial charge in [-0.15, -0.1) is 0 Å². The Bertz CT molecular complexity index is 579. The summed E-state index contributed by atoms with van der Waals surface area (Å²) in [4.78, 5) is 11.1. The van der Waals surface area contributed by atoms with Crippen molar-refractivity contribution < 1.29 is 14.6 Å². The molecule has 1 N–H and O–H groups in total. The molecule has 1 aliphatic carbocycles. The molecule has 0 bridgehead atoms. The van der Waals surface area contributed by atoms with E-state index in [2.05, 4.69) is 0 Å². The van der Waals surface area contributed by atoms with Crippen molar-refractivity contribution in [1.29, 1.82) is 0 Å². The molecule has 0 saturated carbocycles. The Morgan fingerprint density at radius 1 is 1.29 bits per heavy atom. The van der Waals surface area contributed by atoms with Crippen molar-refractivity contribution in [3.8, 4) is 0 Å². The number of allylic oxidation sites excluding steroid dienone is 2. The summed E-state index contributed by atoms with van der Waals surface area (Å²) in [5, 5.41) is 9.13. The molecule has 0 aromatic heterocycles. The van der Waals surface area contributed by atoms with E-state index in [-0.39, 0.29) is 6.10 Å². The molecule has 1 unspecified atom stereocenters. The van der Waals surface area contributed by atoms with Gasteiger partial charge in [0, 0.05) is 5.56 Å². The SMILES string of the molecule is O=C(O)c1cccc2c1C=CC1=CC=COC12. The Balaban J connectivity index is 2.20. The number of rotatable bonds is 1.